The van der Waals surface area contributed by atoms with Crippen LogP contribution in [0.1, 0.15) is 19.3 Å². The van der Waals surface area contributed by atoms with Crippen molar-refractivity contribution in [3.05, 3.63) is 17.9 Å². The zero-order chi connectivity index (χ0) is 11.5. The molecule has 2 rings (SSSR count). The molecule has 16 heavy (non-hydrogen) atoms. The van der Waals surface area contributed by atoms with Gasteiger partial charge >= 0.3 is 0 Å². The fraction of sp³-hybridized carbons (Fsp3) is 0.500. The van der Waals surface area contributed by atoms with E-state index in [-0.39, 0.29) is 11.3 Å². The van der Waals surface area contributed by atoms with Crippen LogP contribution in [0.2, 0.25) is 0 Å². The van der Waals surface area contributed by atoms with E-state index < -0.39 is 0 Å². The van der Waals surface area contributed by atoms with E-state index in [1.165, 1.54) is 17.2 Å². The van der Waals surface area contributed by atoms with Crippen LogP contribution in [0.25, 0.3) is 0 Å². The Morgan fingerprint density at radius 2 is 2.00 bits per heavy atom. The molecular formula is C10H16N6. The van der Waals surface area contributed by atoms with E-state index >= 15 is 0 Å². The molecule has 0 saturated carbocycles. The number of likely N-dealkylation sites (tertiary alicyclic amines) is 1. The van der Waals surface area contributed by atoms with Crippen molar-refractivity contribution < 1.29 is 0 Å². The summed E-state index contributed by atoms with van der Waals surface area (Å²) in [6, 6.07) is 0. The second-order valence-electron chi connectivity index (χ2n) is 3.90. The molecule has 1 aliphatic rings. The Hall–Kier alpha value is -1.85. The van der Waals surface area contributed by atoms with E-state index in [9.17, 15) is 0 Å². The molecule has 1 aromatic rings. The largest absolute Gasteiger partial charge is 0.381 e. The van der Waals surface area contributed by atoms with Crippen molar-refractivity contribution in [2.24, 2.45) is 0 Å². The van der Waals surface area contributed by atoms with Crippen molar-refractivity contribution in [1.29, 1.82) is 10.8 Å². The first-order valence-electron chi connectivity index (χ1n) is 5.42. The van der Waals surface area contributed by atoms with Gasteiger partial charge in [0.15, 0.2) is 11.3 Å². The molecule has 1 aromatic heterocycles. The minimum Gasteiger partial charge on any atom is -0.381 e. The fourth-order valence-corrected chi connectivity index (χ4v) is 1.87. The Labute approximate surface area is 93.7 Å². The van der Waals surface area contributed by atoms with Gasteiger partial charge < -0.3 is 10.6 Å². The zero-order valence-corrected chi connectivity index (χ0v) is 9.11. The number of piperidine rings is 1. The predicted molar refractivity (Wildman–Crippen MR) is 61.0 cm³/mol. The number of nitrogens with two attached hydrogens (primary N) is 1. The van der Waals surface area contributed by atoms with E-state index in [0.29, 0.717) is 5.96 Å². The molecule has 1 fully saturated rings. The minimum absolute atomic E-state index is 0.0815. The monoisotopic (exact) mass is 220 g/mol. The SMILES string of the molecule is N=C(N1CCCCC1)n1ccnc(N)c1=N. The van der Waals surface area contributed by atoms with Gasteiger partial charge in [0.25, 0.3) is 0 Å². The van der Waals surface area contributed by atoms with Crippen LogP contribution in [-0.4, -0.2) is 33.5 Å². The van der Waals surface area contributed by atoms with Gasteiger partial charge in [0.05, 0.1) is 0 Å². The first-order chi connectivity index (χ1) is 7.70. The number of hydrogen-bond donors (Lipinski definition) is 3. The summed E-state index contributed by atoms with van der Waals surface area (Å²) in [6.07, 6.45) is 6.57. The van der Waals surface area contributed by atoms with Gasteiger partial charge in [-0.1, -0.05) is 0 Å². The van der Waals surface area contributed by atoms with Gasteiger partial charge in [-0.05, 0) is 19.3 Å². The molecule has 86 valence electrons. The molecule has 0 radical (unpaired) electrons. The molecule has 0 atom stereocenters. The van der Waals surface area contributed by atoms with Gasteiger partial charge in [-0.3, -0.25) is 15.4 Å². The van der Waals surface area contributed by atoms with Crippen LogP contribution in [0.5, 0.6) is 0 Å². The van der Waals surface area contributed by atoms with Crippen molar-refractivity contribution in [3.63, 3.8) is 0 Å². The molecule has 0 aromatic carbocycles. The van der Waals surface area contributed by atoms with Crippen molar-refractivity contribution in [2.45, 2.75) is 19.3 Å². The summed E-state index contributed by atoms with van der Waals surface area (Å²) in [6.45, 7) is 1.76. The third-order valence-electron chi connectivity index (χ3n) is 2.80. The molecular weight excluding hydrogens is 204 g/mol. The molecule has 6 heteroatoms. The summed E-state index contributed by atoms with van der Waals surface area (Å²) in [5.41, 5.74) is 5.63. The van der Waals surface area contributed by atoms with Crippen LogP contribution in [0.4, 0.5) is 5.82 Å². The normalized spacial score (nSPS) is 16.1. The van der Waals surface area contributed by atoms with Gasteiger partial charge in [0.1, 0.15) is 0 Å². The lowest BCUT2D eigenvalue weighted by Gasteiger charge is -2.29. The van der Waals surface area contributed by atoms with E-state index in [1.807, 2.05) is 4.90 Å². The molecule has 2 heterocycles. The average molecular weight is 220 g/mol. The summed E-state index contributed by atoms with van der Waals surface area (Å²) in [5, 5.41) is 15.8. The molecule has 0 amide bonds. The van der Waals surface area contributed by atoms with Gasteiger partial charge in [0.2, 0.25) is 5.96 Å². The number of nitrogens with zero attached hydrogens (tertiary/aromatic N) is 3. The lowest BCUT2D eigenvalue weighted by atomic mass is 10.1. The molecule has 6 nitrogen and oxygen atoms in total. The molecule has 1 saturated heterocycles. The van der Waals surface area contributed by atoms with Gasteiger partial charge in [-0.15, -0.1) is 0 Å². The van der Waals surface area contributed by atoms with Crippen LogP contribution in [-0.2, 0) is 0 Å². The predicted octanol–water partition coefficient (Wildman–Crippen LogP) is 0.214. The third-order valence-corrected chi connectivity index (χ3v) is 2.80. The first kappa shape index (κ1) is 10.7. The molecule has 0 bridgehead atoms. The van der Waals surface area contributed by atoms with Crippen LogP contribution in [0.15, 0.2) is 12.4 Å². The maximum Gasteiger partial charge on any atom is 0.203 e. The Kier molecular flexibility index (Phi) is 2.89. The number of nitrogens with one attached hydrogen (secondary N) is 2. The molecule has 0 spiro atoms. The van der Waals surface area contributed by atoms with Gasteiger partial charge in [-0.25, -0.2) is 4.98 Å². The third kappa shape index (κ3) is 1.91. The summed E-state index contributed by atoms with van der Waals surface area (Å²) >= 11 is 0. The number of aromatic nitrogens is 2. The Morgan fingerprint density at radius 3 is 2.69 bits per heavy atom. The topological polar surface area (TPSA) is 94.8 Å². The van der Waals surface area contributed by atoms with Crippen LogP contribution < -0.4 is 11.2 Å². The molecule has 1 aliphatic heterocycles. The number of hydrogen-bond acceptors (Lipinski definition) is 4. The summed E-state index contributed by atoms with van der Waals surface area (Å²) in [7, 11) is 0. The highest BCUT2D eigenvalue weighted by molar-refractivity contribution is 5.79. The number of rotatable bonds is 0. The van der Waals surface area contributed by atoms with Crippen molar-refractivity contribution in [3.8, 4) is 0 Å². The lowest BCUT2D eigenvalue weighted by Crippen LogP contribution is -2.43. The van der Waals surface area contributed by atoms with Crippen molar-refractivity contribution in [2.75, 3.05) is 18.8 Å². The second-order valence-corrected chi connectivity index (χ2v) is 3.90. The Balaban J connectivity index is 2.26. The minimum atomic E-state index is 0.0815. The highest BCUT2D eigenvalue weighted by Crippen LogP contribution is 2.08. The maximum atomic E-state index is 8.05. The zero-order valence-electron chi connectivity index (χ0n) is 9.11. The summed E-state index contributed by atoms with van der Waals surface area (Å²) in [5.74, 6) is 0.475. The van der Waals surface area contributed by atoms with E-state index in [4.69, 9.17) is 16.6 Å². The first-order valence-corrected chi connectivity index (χ1v) is 5.42. The lowest BCUT2D eigenvalue weighted by molar-refractivity contribution is 0.330. The van der Waals surface area contributed by atoms with Crippen LogP contribution in [0.3, 0.4) is 0 Å². The average Bonchev–Trinajstić information content (AvgIpc) is 2.33. The highest BCUT2D eigenvalue weighted by atomic mass is 15.3. The van der Waals surface area contributed by atoms with E-state index in [2.05, 4.69) is 4.98 Å². The smallest absolute Gasteiger partial charge is 0.203 e. The van der Waals surface area contributed by atoms with Gasteiger partial charge in [-0.2, -0.15) is 0 Å². The molecule has 0 aliphatic carbocycles. The maximum absolute atomic E-state index is 8.05. The van der Waals surface area contributed by atoms with Crippen LogP contribution in [0, 0.1) is 10.8 Å². The molecule has 0 unspecified atom stereocenters. The highest BCUT2D eigenvalue weighted by Gasteiger charge is 2.15. The van der Waals surface area contributed by atoms with Crippen molar-refractivity contribution in [1.82, 2.24) is 14.5 Å². The summed E-state index contributed by atoms with van der Waals surface area (Å²) in [4.78, 5) is 5.79. The van der Waals surface area contributed by atoms with Crippen LogP contribution >= 0.6 is 0 Å². The Morgan fingerprint density at radius 1 is 1.31 bits per heavy atom. The second kappa shape index (κ2) is 4.34. The van der Waals surface area contributed by atoms with E-state index in [1.54, 1.807) is 6.20 Å². The number of nitrogen functional groups attached to an aromatic ring is 1. The standard InChI is InChI=1S/C10H16N6/c11-8-9(12)16(7-4-14-8)10(13)15-5-2-1-3-6-15/h4,7,12-13H,1-3,5-6H2,(H2,11,14). The Bertz CT molecular complexity index is 443. The van der Waals surface area contributed by atoms with Crippen molar-refractivity contribution >= 4 is 11.8 Å². The quantitative estimate of drug-likeness (QED) is 0.431. The van der Waals surface area contributed by atoms with E-state index in [0.717, 1.165) is 25.9 Å². The molecule has 4 N–H and O–H groups in total. The fourth-order valence-electron chi connectivity index (χ4n) is 1.87. The number of anilines is 1. The van der Waals surface area contributed by atoms with Gasteiger partial charge in [0, 0.05) is 25.5 Å². The summed E-state index contributed by atoms with van der Waals surface area (Å²) < 4.78 is 1.47.